The third-order valence-electron chi connectivity index (χ3n) is 3.68. The highest BCUT2D eigenvalue weighted by Gasteiger charge is 2.27. The number of hydrogen-bond donors (Lipinski definition) is 3. The molecule has 1 aliphatic rings. The molecule has 2 heterocycles. The summed E-state index contributed by atoms with van der Waals surface area (Å²) in [5, 5.41) is 3.52. The maximum atomic E-state index is 5.72. The molecule has 1 saturated carbocycles. The second kappa shape index (κ2) is 4.12. The van der Waals surface area contributed by atoms with E-state index in [9.17, 15) is 0 Å². The van der Waals surface area contributed by atoms with Crippen LogP contribution in [0.5, 0.6) is 0 Å². The molecule has 0 aliphatic heterocycles. The Bertz CT molecular complexity index is 555. The summed E-state index contributed by atoms with van der Waals surface area (Å²) in [6.07, 6.45) is 7.78. The molecule has 0 unspecified atom stereocenters. The highest BCUT2D eigenvalue weighted by atomic mass is 15.2. The lowest BCUT2D eigenvalue weighted by atomic mass is 9.83. The molecule has 4 N–H and O–H groups in total. The van der Waals surface area contributed by atoms with Crippen molar-refractivity contribution < 1.29 is 0 Å². The summed E-state index contributed by atoms with van der Waals surface area (Å²) in [5.74, 6) is 1.02. The van der Waals surface area contributed by atoms with Crippen LogP contribution >= 0.6 is 0 Å². The molecule has 0 amide bonds. The lowest BCUT2D eigenvalue weighted by Crippen LogP contribution is -2.37. The number of rotatable bonds is 2. The molecule has 0 atom stereocenters. The van der Waals surface area contributed by atoms with Crippen LogP contribution in [0.1, 0.15) is 39.0 Å². The third-order valence-corrected chi connectivity index (χ3v) is 3.68. The highest BCUT2D eigenvalue weighted by Crippen LogP contribution is 2.32. The van der Waals surface area contributed by atoms with Gasteiger partial charge in [-0.1, -0.05) is 19.3 Å². The number of hydrogen-bond acceptors (Lipinski definition) is 5. The SMILES string of the molecule is CC1(Nc2nc(N)nc3nc[nH]c23)CCCCC1. The summed E-state index contributed by atoms with van der Waals surface area (Å²) >= 11 is 0. The molecule has 6 nitrogen and oxygen atoms in total. The number of anilines is 2. The highest BCUT2D eigenvalue weighted by molar-refractivity contribution is 5.83. The Morgan fingerprint density at radius 3 is 2.83 bits per heavy atom. The fourth-order valence-electron chi connectivity index (χ4n) is 2.68. The monoisotopic (exact) mass is 246 g/mol. The van der Waals surface area contributed by atoms with Crippen molar-refractivity contribution in [2.75, 3.05) is 11.1 Å². The van der Waals surface area contributed by atoms with Crippen molar-refractivity contribution in [1.82, 2.24) is 19.9 Å². The zero-order chi connectivity index (χ0) is 12.6. The fourth-order valence-corrected chi connectivity index (χ4v) is 2.68. The van der Waals surface area contributed by atoms with Crippen LogP contribution in [0.25, 0.3) is 11.2 Å². The molecule has 0 radical (unpaired) electrons. The lowest BCUT2D eigenvalue weighted by molar-refractivity contribution is 0.349. The van der Waals surface area contributed by atoms with Crippen LogP contribution < -0.4 is 11.1 Å². The van der Waals surface area contributed by atoms with Gasteiger partial charge in [0.05, 0.1) is 6.33 Å². The van der Waals surface area contributed by atoms with Crippen LogP contribution in [0, 0.1) is 0 Å². The fraction of sp³-hybridized carbons (Fsp3) is 0.583. The first-order chi connectivity index (χ1) is 8.66. The molecular formula is C12H18N6. The van der Waals surface area contributed by atoms with Crippen LogP contribution in [-0.4, -0.2) is 25.5 Å². The second-order valence-electron chi connectivity index (χ2n) is 5.28. The summed E-state index contributed by atoms with van der Waals surface area (Å²) < 4.78 is 0. The van der Waals surface area contributed by atoms with Crippen molar-refractivity contribution in [2.45, 2.75) is 44.6 Å². The van der Waals surface area contributed by atoms with Gasteiger partial charge >= 0.3 is 0 Å². The minimum atomic E-state index is 0.0943. The standard InChI is InChI=1S/C12H18N6/c1-12(5-3-2-4-6-12)18-10-8-9(15-7-14-8)16-11(13)17-10/h7H,2-6H2,1H3,(H4,13,14,15,16,17,18). The molecule has 96 valence electrons. The Morgan fingerprint density at radius 1 is 1.28 bits per heavy atom. The molecule has 2 aromatic rings. The van der Waals surface area contributed by atoms with E-state index in [1.165, 1.54) is 19.3 Å². The van der Waals surface area contributed by atoms with Gasteiger partial charge in [-0.15, -0.1) is 0 Å². The van der Waals surface area contributed by atoms with Crippen molar-refractivity contribution in [1.29, 1.82) is 0 Å². The Morgan fingerprint density at radius 2 is 2.06 bits per heavy atom. The molecule has 0 saturated heterocycles. The molecule has 0 bridgehead atoms. The molecule has 3 rings (SSSR count). The summed E-state index contributed by atoms with van der Waals surface area (Å²) in [6.45, 7) is 2.24. The van der Waals surface area contributed by atoms with Gasteiger partial charge in [0.15, 0.2) is 11.5 Å². The van der Waals surface area contributed by atoms with Crippen LogP contribution in [-0.2, 0) is 0 Å². The van der Waals surface area contributed by atoms with E-state index in [2.05, 4.69) is 32.2 Å². The van der Waals surface area contributed by atoms with Crippen LogP contribution in [0.2, 0.25) is 0 Å². The molecule has 2 aromatic heterocycles. The minimum absolute atomic E-state index is 0.0943. The minimum Gasteiger partial charge on any atom is -0.368 e. The van der Waals surface area contributed by atoms with Gasteiger partial charge in [-0.2, -0.15) is 9.97 Å². The van der Waals surface area contributed by atoms with E-state index in [-0.39, 0.29) is 11.5 Å². The number of nitrogens with one attached hydrogen (secondary N) is 2. The maximum absolute atomic E-state index is 5.72. The topological polar surface area (TPSA) is 92.5 Å². The normalized spacial score (nSPS) is 18.9. The average molecular weight is 246 g/mol. The van der Waals surface area contributed by atoms with E-state index < -0.39 is 0 Å². The van der Waals surface area contributed by atoms with Gasteiger partial charge in [-0.3, -0.25) is 0 Å². The molecule has 0 aromatic carbocycles. The maximum Gasteiger partial charge on any atom is 0.224 e. The van der Waals surface area contributed by atoms with Gasteiger partial charge in [0.25, 0.3) is 0 Å². The number of aromatic amines is 1. The number of nitrogen functional groups attached to an aromatic ring is 1. The smallest absolute Gasteiger partial charge is 0.224 e. The summed E-state index contributed by atoms with van der Waals surface area (Å²) in [5.41, 5.74) is 7.26. The molecule has 1 fully saturated rings. The number of H-pyrrole nitrogens is 1. The zero-order valence-corrected chi connectivity index (χ0v) is 10.5. The van der Waals surface area contributed by atoms with Gasteiger partial charge in [0.2, 0.25) is 5.95 Å². The van der Waals surface area contributed by atoms with Gasteiger partial charge in [-0.25, -0.2) is 4.98 Å². The quantitative estimate of drug-likeness (QED) is 0.754. The van der Waals surface area contributed by atoms with Crippen molar-refractivity contribution in [3.05, 3.63) is 6.33 Å². The first-order valence-electron chi connectivity index (χ1n) is 6.41. The van der Waals surface area contributed by atoms with Crippen molar-refractivity contribution in [3.63, 3.8) is 0 Å². The number of nitrogens with two attached hydrogens (primary N) is 1. The Hall–Kier alpha value is -1.85. The van der Waals surface area contributed by atoms with Crippen LogP contribution in [0.3, 0.4) is 0 Å². The Balaban J connectivity index is 1.96. The number of imidazole rings is 1. The zero-order valence-electron chi connectivity index (χ0n) is 10.5. The Labute approximate surface area is 105 Å². The third kappa shape index (κ3) is 1.98. The largest absolute Gasteiger partial charge is 0.368 e. The second-order valence-corrected chi connectivity index (χ2v) is 5.28. The van der Waals surface area contributed by atoms with Gasteiger partial charge in [0, 0.05) is 5.54 Å². The molecule has 0 spiro atoms. The predicted molar refractivity (Wildman–Crippen MR) is 71.2 cm³/mol. The number of fused-ring (bicyclic) bond motifs is 1. The van der Waals surface area contributed by atoms with E-state index in [1.54, 1.807) is 6.33 Å². The molecule has 18 heavy (non-hydrogen) atoms. The average Bonchev–Trinajstić information content (AvgIpc) is 2.77. The molecule has 6 heteroatoms. The summed E-state index contributed by atoms with van der Waals surface area (Å²) in [6, 6.07) is 0. The molecule has 1 aliphatic carbocycles. The Kier molecular flexibility index (Phi) is 2.57. The lowest BCUT2D eigenvalue weighted by Gasteiger charge is -2.35. The number of nitrogens with zero attached hydrogens (tertiary/aromatic N) is 3. The van der Waals surface area contributed by atoms with E-state index in [4.69, 9.17) is 5.73 Å². The van der Waals surface area contributed by atoms with Gasteiger partial charge in [-0.05, 0) is 19.8 Å². The van der Waals surface area contributed by atoms with Crippen LogP contribution in [0.15, 0.2) is 6.33 Å². The van der Waals surface area contributed by atoms with E-state index in [1.807, 2.05) is 0 Å². The first-order valence-corrected chi connectivity index (χ1v) is 6.41. The summed E-state index contributed by atoms with van der Waals surface area (Å²) in [7, 11) is 0. The van der Waals surface area contributed by atoms with Gasteiger partial charge < -0.3 is 16.0 Å². The van der Waals surface area contributed by atoms with E-state index in [0.29, 0.717) is 5.65 Å². The van der Waals surface area contributed by atoms with Crippen molar-refractivity contribution >= 4 is 22.9 Å². The van der Waals surface area contributed by atoms with Crippen LogP contribution in [0.4, 0.5) is 11.8 Å². The number of aromatic nitrogens is 4. The molecular weight excluding hydrogens is 228 g/mol. The van der Waals surface area contributed by atoms with E-state index in [0.717, 1.165) is 24.2 Å². The predicted octanol–water partition coefficient (Wildman–Crippen LogP) is 2.07. The van der Waals surface area contributed by atoms with Crippen molar-refractivity contribution in [3.8, 4) is 0 Å². The van der Waals surface area contributed by atoms with E-state index >= 15 is 0 Å². The van der Waals surface area contributed by atoms with Gasteiger partial charge in [0.1, 0.15) is 5.52 Å². The summed E-state index contributed by atoms with van der Waals surface area (Å²) in [4.78, 5) is 15.6. The van der Waals surface area contributed by atoms with Crippen molar-refractivity contribution in [2.24, 2.45) is 0 Å². The first kappa shape index (κ1) is 11.3.